The number of rotatable bonds is 4. The van der Waals surface area contributed by atoms with Gasteiger partial charge in [0, 0.05) is 0 Å². The summed E-state index contributed by atoms with van der Waals surface area (Å²) in [6.07, 6.45) is 0. The highest BCUT2D eigenvalue weighted by Crippen LogP contribution is 2.27. The summed E-state index contributed by atoms with van der Waals surface area (Å²) in [6.45, 7) is 3.50. The average Bonchev–Trinajstić information content (AvgIpc) is 2.17. The van der Waals surface area contributed by atoms with Crippen molar-refractivity contribution in [1.29, 1.82) is 0 Å². The van der Waals surface area contributed by atoms with Gasteiger partial charge in [-0.3, -0.25) is 0 Å². The van der Waals surface area contributed by atoms with Crippen LogP contribution in [0.5, 0.6) is 0 Å². The van der Waals surface area contributed by atoms with E-state index in [0.29, 0.717) is 5.69 Å². The molecule has 0 saturated carbocycles. The maximum absolute atomic E-state index is 11.1. The first-order valence-corrected chi connectivity index (χ1v) is 5.71. The number of halogens is 2. The number of benzene rings is 1. The lowest BCUT2D eigenvalue weighted by Gasteiger charge is -2.30. The molecule has 0 bridgehead atoms. The number of hydrogen-bond donors (Lipinski definition) is 1. The van der Waals surface area contributed by atoms with Gasteiger partial charge in [-0.2, -0.15) is 0 Å². The van der Waals surface area contributed by atoms with E-state index in [1.165, 1.54) is 6.07 Å². The number of nitrogens with zero attached hydrogens (tertiary/aromatic N) is 1. The van der Waals surface area contributed by atoms with Gasteiger partial charge in [0.15, 0.2) is 0 Å². The molecular formula is C11H13Cl2NO2. The largest absolute Gasteiger partial charge is 0.478 e. The van der Waals surface area contributed by atoms with Crippen LogP contribution in [0, 0.1) is 0 Å². The fraction of sp³-hybridized carbons (Fsp3) is 0.364. The maximum atomic E-state index is 11.1. The van der Waals surface area contributed by atoms with Crippen molar-refractivity contribution in [2.24, 2.45) is 0 Å². The summed E-state index contributed by atoms with van der Waals surface area (Å²) < 4.78 is 0. The van der Waals surface area contributed by atoms with E-state index in [0.717, 1.165) is 0 Å². The lowest BCUT2D eigenvalue weighted by Crippen LogP contribution is -2.35. The number of carboxylic acid groups (broad SMARTS) is 1. The fourth-order valence-corrected chi connectivity index (χ4v) is 2.15. The SMILES string of the molecule is CC(Cl)N(c1ccccc1C(=O)O)C(C)Cl. The van der Waals surface area contributed by atoms with Gasteiger partial charge in [-0.1, -0.05) is 35.3 Å². The van der Waals surface area contributed by atoms with E-state index >= 15 is 0 Å². The highest BCUT2D eigenvalue weighted by Gasteiger charge is 2.22. The molecule has 0 radical (unpaired) electrons. The summed E-state index contributed by atoms with van der Waals surface area (Å²) in [5, 5.41) is 9.07. The topological polar surface area (TPSA) is 40.5 Å². The second-order valence-corrected chi connectivity index (χ2v) is 4.64. The summed E-state index contributed by atoms with van der Waals surface area (Å²) in [5.74, 6) is -0.991. The summed E-state index contributed by atoms with van der Waals surface area (Å²) >= 11 is 12.0. The van der Waals surface area contributed by atoms with Gasteiger partial charge in [-0.25, -0.2) is 4.79 Å². The summed E-state index contributed by atoms with van der Waals surface area (Å²) in [5.41, 5.74) is -0.0384. The molecule has 88 valence electrons. The summed E-state index contributed by atoms with van der Waals surface area (Å²) in [6, 6.07) is 6.65. The van der Waals surface area contributed by atoms with Crippen molar-refractivity contribution in [1.82, 2.24) is 0 Å². The van der Waals surface area contributed by atoms with E-state index in [1.54, 1.807) is 36.9 Å². The van der Waals surface area contributed by atoms with Crippen LogP contribution >= 0.6 is 23.2 Å². The third kappa shape index (κ3) is 2.80. The molecule has 1 aromatic carbocycles. The third-order valence-corrected chi connectivity index (χ3v) is 2.60. The smallest absolute Gasteiger partial charge is 0.337 e. The normalized spacial score (nSPS) is 14.2. The number of alkyl halides is 2. The lowest BCUT2D eigenvalue weighted by molar-refractivity contribution is 0.0697. The van der Waals surface area contributed by atoms with Crippen LogP contribution in [-0.2, 0) is 0 Å². The van der Waals surface area contributed by atoms with Crippen LogP contribution in [0.25, 0.3) is 0 Å². The Bertz CT molecular complexity index is 372. The van der Waals surface area contributed by atoms with Gasteiger partial charge >= 0.3 is 5.97 Å². The molecule has 0 saturated heterocycles. The first kappa shape index (κ1) is 13.1. The molecule has 5 heteroatoms. The molecule has 0 aromatic heterocycles. The number of hydrogen-bond acceptors (Lipinski definition) is 2. The fourth-order valence-electron chi connectivity index (χ4n) is 1.55. The number of para-hydroxylation sites is 1. The summed E-state index contributed by atoms with van der Waals surface area (Å²) in [7, 11) is 0. The number of carbonyl (C=O) groups is 1. The van der Waals surface area contributed by atoms with Gasteiger partial charge in [0.25, 0.3) is 0 Å². The standard InChI is InChI=1S/C11H13Cl2NO2/c1-7(12)14(8(2)13)10-6-4-3-5-9(10)11(15)16/h3-8H,1-2H3,(H,15,16). The monoisotopic (exact) mass is 261 g/mol. The molecule has 0 aliphatic rings. The van der Waals surface area contributed by atoms with Gasteiger partial charge < -0.3 is 10.0 Å². The third-order valence-electron chi connectivity index (χ3n) is 2.18. The average molecular weight is 262 g/mol. The molecule has 1 rings (SSSR count). The molecule has 3 nitrogen and oxygen atoms in total. The Morgan fingerprint density at radius 1 is 1.25 bits per heavy atom. The van der Waals surface area contributed by atoms with E-state index in [-0.39, 0.29) is 16.6 Å². The van der Waals surface area contributed by atoms with Crippen molar-refractivity contribution in [3.05, 3.63) is 29.8 Å². The second-order valence-electron chi connectivity index (χ2n) is 3.38. The number of anilines is 1. The van der Waals surface area contributed by atoms with Gasteiger partial charge in [0.2, 0.25) is 0 Å². The minimum Gasteiger partial charge on any atom is -0.478 e. The van der Waals surface area contributed by atoms with Crippen molar-refractivity contribution >= 4 is 34.9 Å². The lowest BCUT2D eigenvalue weighted by atomic mass is 10.1. The van der Waals surface area contributed by atoms with Crippen molar-refractivity contribution in [3.8, 4) is 0 Å². The summed E-state index contributed by atoms with van der Waals surface area (Å²) in [4.78, 5) is 12.7. The maximum Gasteiger partial charge on any atom is 0.337 e. The minimum atomic E-state index is -0.991. The Hall–Kier alpha value is -0.930. The predicted octanol–water partition coefficient (Wildman–Crippen LogP) is 3.36. The number of carboxylic acids is 1. The van der Waals surface area contributed by atoms with Gasteiger partial charge in [-0.05, 0) is 26.0 Å². The quantitative estimate of drug-likeness (QED) is 0.668. The zero-order valence-corrected chi connectivity index (χ0v) is 10.5. The first-order valence-electron chi connectivity index (χ1n) is 4.84. The Morgan fingerprint density at radius 3 is 2.19 bits per heavy atom. The van der Waals surface area contributed by atoms with E-state index in [2.05, 4.69) is 0 Å². The van der Waals surface area contributed by atoms with Gasteiger partial charge in [0.05, 0.1) is 11.3 Å². The molecular weight excluding hydrogens is 249 g/mol. The Kier molecular flexibility index (Phi) is 4.44. The molecule has 0 spiro atoms. The highest BCUT2D eigenvalue weighted by atomic mass is 35.5. The number of aromatic carboxylic acids is 1. The van der Waals surface area contributed by atoms with Crippen LogP contribution in [-0.4, -0.2) is 22.1 Å². The highest BCUT2D eigenvalue weighted by molar-refractivity contribution is 6.25. The van der Waals surface area contributed by atoms with Crippen LogP contribution in [0.2, 0.25) is 0 Å². The zero-order valence-electron chi connectivity index (χ0n) is 9.02. The van der Waals surface area contributed by atoms with Crippen LogP contribution < -0.4 is 4.90 Å². The van der Waals surface area contributed by atoms with Crippen molar-refractivity contribution in [2.75, 3.05) is 4.90 Å². The molecule has 0 fully saturated rings. The van der Waals surface area contributed by atoms with Crippen molar-refractivity contribution in [2.45, 2.75) is 24.8 Å². The van der Waals surface area contributed by atoms with E-state index < -0.39 is 5.97 Å². The Labute approximate surface area is 105 Å². The molecule has 1 aromatic rings. The van der Waals surface area contributed by atoms with Crippen molar-refractivity contribution < 1.29 is 9.90 Å². The van der Waals surface area contributed by atoms with Crippen molar-refractivity contribution in [3.63, 3.8) is 0 Å². The molecule has 2 unspecified atom stereocenters. The Morgan fingerprint density at radius 2 is 1.75 bits per heavy atom. The Balaban J connectivity index is 3.23. The second kappa shape index (κ2) is 5.41. The van der Waals surface area contributed by atoms with E-state index in [9.17, 15) is 4.79 Å². The van der Waals surface area contributed by atoms with Gasteiger partial charge in [0.1, 0.15) is 11.0 Å². The van der Waals surface area contributed by atoms with E-state index in [4.69, 9.17) is 28.3 Å². The first-order chi connectivity index (χ1) is 7.45. The van der Waals surface area contributed by atoms with E-state index in [1.807, 2.05) is 0 Å². The molecule has 1 N–H and O–H groups in total. The molecule has 16 heavy (non-hydrogen) atoms. The van der Waals surface area contributed by atoms with Gasteiger partial charge in [-0.15, -0.1) is 0 Å². The van der Waals surface area contributed by atoms with Crippen LogP contribution in [0.1, 0.15) is 24.2 Å². The molecule has 0 amide bonds. The molecule has 0 aliphatic heterocycles. The van der Waals surface area contributed by atoms with Crippen LogP contribution in [0.15, 0.2) is 24.3 Å². The molecule has 2 atom stereocenters. The van der Waals surface area contributed by atoms with Crippen LogP contribution in [0.4, 0.5) is 5.69 Å². The molecule has 0 heterocycles. The zero-order chi connectivity index (χ0) is 12.3. The van der Waals surface area contributed by atoms with Crippen LogP contribution in [0.3, 0.4) is 0 Å². The predicted molar refractivity (Wildman–Crippen MR) is 66.5 cm³/mol. The minimum absolute atomic E-state index is 0.197. The molecule has 0 aliphatic carbocycles.